The van der Waals surface area contributed by atoms with Crippen molar-refractivity contribution >= 4 is 0 Å². The third-order valence-electron chi connectivity index (χ3n) is 2.11. The lowest BCUT2D eigenvalue weighted by Crippen LogP contribution is -2.21. The van der Waals surface area contributed by atoms with Crippen LogP contribution in [-0.2, 0) is 6.42 Å². The maximum atomic E-state index is 12.1. The van der Waals surface area contributed by atoms with Crippen molar-refractivity contribution in [1.82, 2.24) is 0 Å². The fourth-order valence-electron chi connectivity index (χ4n) is 1.48. The zero-order chi connectivity index (χ0) is 12.3. The lowest BCUT2D eigenvalue weighted by molar-refractivity contribution is -0.0503. The molecule has 1 aromatic rings. The third kappa shape index (κ3) is 4.14. The first-order valence-corrected chi connectivity index (χ1v) is 5.05. The molecule has 1 aromatic carbocycles. The molecule has 0 atom stereocenters. The van der Waals surface area contributed by atoms with E-state index in [4.69, 9.17) is 0 Å². The highest BCUT2D eigenvalue weighted by Gasteiger charge is 2.15. The van der Waals surface area contributed by atoms with Crippen LogP contribution in [-0.4, -0.2) is 17.3 Å². The summed E-state index contributed by atoms with van der Waals surface area (Å²) in [5.41, 5.74) is 0.561. The molecule has 4 heteroatoms. The summed E-state index contributed by atoms with van der Waals surface area (Å²) in [5, 5.41) is 9.62. The Morgan fingerprint density at radius 2 is 2.00 bits per heavy atom. The molecule has 0 aliphatic rings. The van der Waals surface area contributed by atoms with Gasteiger partial charge in [0.05, 0.1) is 5.60 Å². The summed E-state index contributed by atoms with van der Waals surface area (Å²) >= 11 is 0. The van der Waals surface area contributed by atoms with E-state index in [0.717, 1.165) is 5.56 Å². The Morgan fingerprint density at radius 3 is 2.50 bits per heavy atom. The number of alkyl halides is 2. The lowest BCUT2D eigenvalue weighted by Gasteiger charge is -2.18. The molecular formula is C12H16F2O2. The van der Waals surface area contributed by atoms with Crippen LogP contribution in [0.1, 0.15) is 25.0 Å². The van der Waals surface area contributed by atoms with Crippen LogP contribution in [0, 0.1) is 6.92 Å². The van der Waals surface area contributed by atoms with E-state index in [0.29, 0.717) is 12.0 Å². The maximum Gasteiger partial charge on any atom is 0.387 e. The van der Waals surface area contributed by atoms with Crippen LogP contribution in [0.5, 0.6) is 5.75 Å². The van der Waals surface area contributed by atoms with E-state index in [1.807, 2.05) is 0 Å². The number of halogens is 2. The number of ether oxygens (including phenoxy) is 1. The molecule has 90 valence electrons. The van der Waals surface area contributed by atoms with E-state index in [-0.39, 0.29) is 5.75 Å². The van der Waals surface area contributed by atoms with Crippen molar-refractivity contribution in [2.75, 3.05) is 0 Å². The molecule has 0 bridgehead atoms. The van der Waals surface area contributed by atoms with Crippen LogP contribution in [0.2, 0.25) is 0 Å². The zero-order valence-electron chi connectivity index (χ0n) is 9.63. The number of benzene rings is 1. The van der Waals surface area contributed by atoms with Crippen molar-refractivity contribution in [2.24, 2.45) is 0 Å². The van der Waals surface area contributed by atoms with Gasteiger partial charge < -0.3 is 9.84 Å². The minimum atomic E-state index is -2.82. The largest absolute Gasteiger partial charge is 0.435 e. The summed E-state index contributed by atoms with van der Waals surface area (Å²) in [6, 6.07) is 5.05. The van der Waals surface area contributed by atoms with E-state index < -0.39 is 12.2 Å². The van der Waals surface area contributed by atoms with Gasteiger partial charge in [-0.25, -0.2) is 0 Å². The fourth-order valence-corrected chi connectivity index (χ4v) is 1.48. The number of hydrogen-bond donors (Lipinski definition) is 1. The Bertz CT molecular complexity index is 357. The number of aryl methyl sites for hydroxylation is 1. The Labute approximate surface area is 93.9 Å². The minimum absolute atomic E-state index is 0.164. The summed E-state index contributed by atoms with van der Waals surface area (Å²) in [6.07, 6.45) is 0.396. The molecule has 2 nitrogen and oxygen atoms in total. The summed E-state index contributed by atoms with van der Waals surface area (Å²) in [4.78, 5) is 0. The smallest absolute Gasteiger partial charge is 0.387 e. The standard InChI is InChI=1S/C12H16F2O2/c1-8-4-5-9(7-12(2,3)15)6-10(8)16-11(13)14/h4-6,11,15H,7H2,1-3H3. The molecule has 1 N–H and O–H groups in total. The molecule has 0 aliphatic carbocycles. The zero-order valence-corrected chi connectivity index (χ0v) is 9.63. The summed E-state index contributed by atoms with van der Waals surface area (Å²) in [6.45, 7) is 2.21. The molecule has 0 aromatic heterocycles. The first-order valence-electron chi connectivity index (χ1n) is 5.05. The van der Waals surface area contributed by atoms with Gasteiger partial charge in [0.1, 0.15) is 5.75 Å². The monoisotopic (exact) mass is 230 g/mol. The second-order valence-corrected chi connectivity index (χ2v) is 4.47. The molecule has 0 aliphatic heterocycles. The van der Waals surface area contributed by atoms with Gasteiger partial charge in [0, 0.05) is 6.42 Å². The highest BCUT2D eigenvalue weighted by molar-refractivity contribution is 5.37. The van der Waals surface area contributed by atoms with Gasteiger partial charge in [-0.2, -0.15) is 8.78 Å². The van der Waals surface area contributed by atoms with Gasteiger partial charge in [-0.3, -0.25) is 0 Å². The van der Waals surface area contributed by atoms with Gasteiger partial charge in [-0.15, -0.1) is 0 Å². The van der Waals surface area contributed by atoms with Gasteiger partial charge in [0.25, 0.3) is 0 Å². The molecule has 0 saturated heterocycles. The molecular weight excluding hydrogens is 214 g/mol. The van der Waals surface area contributed by atoms with Crippen molar-refractivity contribution in [2.45, 2.75) is 39.4 Å². The molecule has 0 spiro atoms. The van der Waals surface area contributed by atoms with E-state index in [1.54, 1.807) is 39.0 Å². The third-order valence-corrected chi connectivity index (χ3v) is 2.11. The van der Waals surface area contributed by atoms with Gasteiger partial charge in [-0.1, -0.05) is 12.1 Å². The van der Waals surface area contributed by atoms with Crippen molar-refractivity contribution < 1.29 is 18.6 Å². The van der Waals surface area contributed by atoms with Crippen LogP contribution < -0.4 is 4.74 Å². The average molecular weight is 230 g/mol. The SMILES string of the molecule is Cc1ccc(CC(C)(C)O)cc1OC(F)F. The molecule has 0 saturated carbocycles. The first-order chi connectivity index (χ1) is 7.28. The van der Waals surface area contributed by atoms with Crippen LogP contribution in [0.3, 0.4) is 0 Å². The molecule has 0 heterocycles. The molecule has 0 radical (unpaired) electrons. The van der Waals surface area contributed by atoms with Crippen LogP contribution in [0.15, 0.2) is 18.2 Å². The van der Waals surface area contributed by atoms with Crippen molar-refractivity contribution in [3.05, 3.63) is 29.3 Å². The molecule has 16 heavy (non-hydrogen) atoms. The molecule has 0 fully saturated rings. The summed E-state index contributed by atoms with van der Waals surface area (Å²) < 4.78 is 28.6. The van der Waals surface area contributed by atoms with Gasteiger partial charge >= 0.3 is 6.61 Å². The van der Waals surface area contributed by atoms with Crippen molar-refractivity contribution in [3.8, 4) is 5.75 Å². The quantitative estimate of drug-likeness (QED) is 0.861. The first kappa shape index (κ1) is 12.9. The van der Waals surface area contributed by atoms with Crippen LogP contribution in [0.25, 0.3) is 0 Å². The second kappa shape index (κ2) is 4.78. The number of rotatable bonds is 4. The van der Waals surface area contributed by atoms with Crippen LogP contribution in [0.4, 0.5) is 8.78 Å². The van der Waals surface area contributed by atoms with Crippen molar-refractivity contribution in [1.29, 1.82) is 0 Å². The summed E-state index contributed by atoms with van der Waals surface area (Å²) in [7, 11) is 0. The maximum absolute atomic E-state index is 12.1. The predicted molar refractivity (Wildman–Crippen MR) is 57.8 cm³/mol. The van der Waals surface area contributed by atoms with E-state index in [1.165, 1.54) is 0 Å². The second-order valence-electron chi connectivity index (χ2n) is 4.47. The highest BCUT2D eigenvalue weighted by atomic mass is 19.3. The lowest BCUT2D eigenvalue weighted by atomic mass is 9.98. The van der Waals surface area contributed by atoms with Crippen molar-refractivity contribution in [3.63, 3.8) is 0 Å². The Hall–Kier alpha value is -1.16. The average Bonchev–Trinajstić information content (AvgIpc) is 2.07. The highest BCUT2D eigenvalue weighted by Crippen LogP contribution is 2.23. The normalized spacial score (nSPS) is 11.9. The van der Waals surface area contributed by atoms with E-state index in [2.05, 4.69) is 4.74 Å². The van der Waals surface area contributed by atoms with Gasteiger partial charge in [0.2, 0.25) is 0 Å². The minimum Gasteiger partial charge on any atom is -0.435 e. The van der Waals surface area contributed by atoms with Gasteiger partial charge in [0.15, 0.2) is 0 Å². The molecule has 1 rings (SSSR count). The predicted octanol–water partition coefficient (Wildman–Crippen LogP) is 2.91. The Balaban J connectivity index is 2.89. The number of aliphatic hydroxyl groups is 1. The molecule has 0 unspecified atom stereocenters. The fraction of sp³-hybridized carbons (Fsp3) is 0.500. The van der Waals surface area contributed by atoms with Crippen LogP contribution >= 0.6 is 0 Å². The topological polar surface area (TPSA) is 29.5 Å². The van der Waals surface area contributed by atoms with E-state index >= 15 is 0 Å². The van der Waals surface area contributed by atoms with E-state index in [9.17, 15) is 13.9 Å². The number of hydrogen-bond acceptors (Lipinski definition) is 2. The summed E-state index contributed by atoms with van der Waals surface area (Å²) in [5.74, 6) is 0.164. The molecule has 0 amide bonds. The Morgan fingerprint density at radius 1 is 1.38 bits per heavy atom. The Kier molecular flexibility index (Phi) is 3.86. The van der Waals surface area contributed by atoms with Gasteiger partial charge in [-0.05, 0) is 38.0 Å².